The van der Waals surface area contributed by atoms with Gasteiger partial charge in [0.05, 0.1) is 13.2 Å². The second-order valence-electron chi connectivity index (χ2n) is 4.92. The van der Waals surface area contributed by atoms with E-state index in [0.29, 0.717) is 5.56 Å². The van der Waals surface area contributed by atoms with Crippen molar-refractivity contribution < 1.29 is 13.9 Å². The van der Waals surface area contributed by atoms with Crippen LogP contribution in [-0.4, -0.2) is 22.8 Å². The number of amides is 1. The van der Waals surface area contributed by atoms with Gasteiger partial charge < -0.3 is 10.1 Å². The highest BCUT2D eigenvalue weighted by Crippen LogP contribution is 2.21. The summed E-state index contributed by atoms with van der Waals surface area (Å²) in [6, 6.07) is 6.04. The number of ether oxygens (including phenoxy) is 1. The van der Waals surface area contributed by atoms with Crippen LogP contribution in [0.5, 0.6) is 5.75 Å². The van der Waals surface area contributed by atoms with Gasteiger partial charge in [0.2, 0.25) is 5.91 Å². The molecule has 0 aliphatic heterocycles. The Morgan fingerprint density at radius 2 is 2.09 bits per heavy atom. The van der Waals surface area contributed by atoms with E-state index in [0.717, 1.165) is 16.8 Å². The third-order valence-electron chi connectivity index (χ3n) is 3.24. The summed E-state index contributed by atoms with van der Waals surface area (Å²) in [4.78, 5) is 34.6. The fourth-order valence-corrected chi connectivity index (χ4v) is 2.05. The number of H-pyrrole nitrogens is 1. The van der Waals surface area contributed by atoms with Crippen molar-refractivity contribution in [1.82, 2.24) is 15.1 Å². The molecule has 0 radical (unpaired) electrons. The first kappa shape index (κ1) is 16.5. The van der Waals surface area contributed by atoms with E-state index in [-0.39, 0.29) is 12.3 Å². The van der Waals surface area contributed by atoms with Gasteiger partial charge in [-0.1, -0.05) is 6.07 Å². The first-order chi connectivity index (χ1) is 10.9. The number of aromatic nitrogens is 2. The van der Waals surface area contributed by atoms with Gasteiger partial charge in [-0.3, -0.25) is 19.5 Å². The van der Waals surface area contributed by atoms with E-state index in [1.807, 2.05) is 0 Å². The maximum atomic E-state index is 13.7. The van der Waals surface area contributed by atoms with Crippen LogP contribution in [0.25, 0.3) is 0 Å². The molecule has 23 heavy (non-hydrogen) atoms. The summed E-state index contributed by atoms with van der Waals surface area (Å²) in [5.74, 6) is -0.909. The van der Waals surface area contributed by atoms with Crippen molar-refractivity contribution in [3.8, 4) is 5.75 Å². The molecule has 2 rings (SSSR count). The number of halogens is 1. The second-order valence-corrected chi connectivity index (χ2v) is 4.92. The van der Waals surface area contributed by atoms with Gasteiger partial charge in [0.1, 0.15) is 6.54 Å². The van der Waals surface area contributed by atoms with Crippen molar-refractivity contribution in [3.63, 3.8) is 0 Å². The summed E-state index contributed by atoms with van der Waals surface area (Å²) in [5, 5.41) is 4.88. The van der Waals surface area contributed by atoms with E-state index in [4.69, 9.17) is 4.74 Å². The number of carbonyl (C=O) groups excluding carboxylic acids is 1. The van der Waals surface area contributed by atoms with Crippen LogP contribution < -0.4 is 21.2 Å². The second kappa shape index (κ2) is 6.91. The third-order valence-corrected chi connectivity index (χ3v) is 3.24. The predicted octanol–water partition coefficient (Wildman–Crippen LogP) is 0.562. The van der Waals surface area contributed by atoms with Gasteiger partial charge in [-0.05, 0) is 24.6 Å². The molecule has 1 amide bonds. The summed E-state index contributed by atoms with van der Waals surface area (Å²) in [7, 11) is 1.36. The normalized spacial score (nSPS) is 11.8. The van der Waals surface area contributed by atoms with E-state index in [2.05, 4.69) is 10.4 Å². The van der Waals surface area contributed by atoms with Gasteiger partial charge in [-0.2, -0.15) is 0 Å². The molecule has 0 spiro atoms. The molecule has 0 aliphatic rings. The minimum atomic E-state index is -0.533. The summed E-state index contributed by atoms with van der Waals surface area (Å²) < 4.78 is 19.4. The Bertz CT molecular complexity index is 828. The molecule has 1 unspecified atom stereocenters. The van der Waals surface area contributed by atoms with Crippen LogP contribution in [0.3, 0.4) is 0 Å². The molecule has 0 aliphatic carbocycles. The molecule has 1 aromatic heterocycles. The Balaban J connectivity index is 2.07. The van der Waals surface area contributed by atoms with E-state index in [9.17, 15) is 18.8 Å². The molecule has 0 saturated carbocycles. The number of hydrogen-bond donors (Lipinski definition) is 2. The largest absolute Gasteiger partial charge is 0.494 e. The van der Waals surface area contributed by atoms with Gasteiger partial charge in [0.25, 0.3) is 11.1 Å². The molecule has 122 valence electrons. The topological polar surface area (TPSA) is 93.2 Å². The van der Waals surface area contributed by atoms with Gasteiger partial charge >= 0.3 is 0 Å². The maximum Gasteiger partial charge on any atom is 0.265 e. The zero-order chi connectivity index (χ0) is 17.0. The number of hydrogen-bond acceptors (Lipinski definition) is 4. The van der Waals surface area contributed by atoms with Gasteiger partial charge in [0.15, 0.2) is 11.6 Å². The van der Waals surface area contributed by atoms with Crippen LogP contribution >= 0.6 is 0 Å². The standard InChI is InChI=1S/C15H16FN3O4/c1-9(10-3-4-12(23-2)11(16)7-10)17-14(21)8-19-15(22)6-5-13(20)18-19/h3-7,9H,8H2,1-2H3,(H,17,21)(H,18,20). The van der Waals surface area contributed by atoms with Crippen molar-refractivity contribution in [1.29, 1.82) is 0 Å². The fraction of sp³-hybridized carbons (Fsp3) is 0.267. The highest BCUT2D eigenvalue weighted by molar-refractivity contribution is 5.76. The number of aromatic amines is 1. The molecule has 2 N–H and O–H groups in total. The zero-order valence-corrected chi connectivity index (χ0v) is 12.6. The van der Waals surface area contributed by atoms with Gasteiger partial charge in [-0.15, -0.1) is 0 Å². The zero-order valence-electron chi connectivity index (χ0n) is 12.6. The first-order valence-corrected chi connectivity index (χ1v) is 6.83. The number of nitrogens with one attached hydrogen (secondary N) is 2. The first-order valence-electron chi connectivity index (χ1n) is 6.83. The van der Waals surface area contributed by atoms with Crippen molar-refractivity contribution in [2.45, 2.75) is 19.5 Å². The van der Waals surface area contributed by atoms with Gasteiger partial charge in [-0.25, -0.2) is 9.07 Å². The third kappa shape index (κ3) is 4.06. The summed E-state index contributed by atoms with van der Waals surface area (Å²) in [6.07, 6.45) is 0. The lowest BCUT2D eigenvalue weighted by molar-refractivity contribution is -0.122. The number of carbonyl (C=O) groups is 1. The molecule has 7 nitrogen and oxygen atoms in total. The van der Waals surface area contributed by atoms with Crippen LogP contribution in [0.15, 0.2) is 39.9 Å². The molecular weight excluding hydrogens is 305 g/mol. The Morgan fingerprint density at radius 3 is 2.74 bits per heavy atom. The number of rotatable bonds is 5. The lowest BCUT2D eigenvalue weighted by Gasteiger charge is -2.15. The summed E-state index contributed by atoms with van der Waals surface area (Å²) >= 11 is 0. The molecule has 1 heterocycles. The van der Waals surface area contributed by atoms with Crippen LogP contribution in [-0.2, 0) is 11.3 Å². The molecule has 2 aromatic rings. The van der Waals surface area contributed by atoms with Crippen LogP contribution in [0.4, 0.5) is 4.39 Å². The van der Waals surface area contributed by atoms with E-state index < -0.39 is 28.9 Å². The minimum absolute atomic E-state index is 0.112. The Kier molecular flexibility index (Phi) is 4.95. The number of nitrogens with zero attached hydrogens (tertiary/aromatic N) is 1. The summed E-state index contributed by atoms with van der Waals surface area (Å²) in [5.41, 5.74) is -0.434. The van der Waals surface area contributed by atoms with Gasteiger partial charge in [0, 0.05) is 12.1 Å². The molecule has 0 saturated heterocycles. The SMILES string of the molecule is COc1ccc(C(C)NC(=O)Cn2[nH]c(=O)ccc2=O)cc1F. The smallest absolute Gasteiger partial charge is 0.265 e. The maximum absolute atomic E-state index is 13.7. The fourth-order valence-electron chi connectivity index (χ4n) is 2.05. The van der Waals surface area contributed by atoms with Crippen molar-refractivity contribution in [2.24, 2.45) is 0 Å². The molecule has 0 bridgehead atoms. The average Bonchev–Trinajstić information content (AvgIpc) is 2.50. The number of benzene rings is 1. The Morgan fingerprint density at radius 1 is 1.35 bits per heavy atom. The average molecular weight is 321 g/mol. The van der Waals surface area contributed by atoms with Crippen LogP contribution in [0.2, 0.25) is 0 Å². The van der Waals surface area contributed by atoms with Crippen molar-refractivity contribution >= 4 is 5.91 Å². The predicted molar refractivity (Wildman–Crippen MR) is 80.8 cm³/mol. The summed E-state index contributed by atoms with van der Waals surface area (Å²) in [6.45, 7) is 1.34. The van der Waals surface area contributed by atoms with Crippen LogP contribution in [0.1, 0.15) is 18.5 Å². The quantitative estimate of drug-likeness (QED) is 0.841. The lowest BCUT2D eigenvalue weighted by atomic mass is 10.1. The highest BCUT2D eigenvalue weighted by atomic mass is 19.1. The molecule has 8 heteroatoms. The van der Waals surface area contributed by atoms with E-state index >= 15 is 0 Å². The minimum Gasteiger partial charge on any atom is -0.494 e. The molecular formula is C15H16FN3O4. The molecule has 0 fully saturated rings. The Labute approximate surface area is 130 Å². The highest BCUT2D eigenvalue weighted by Gasteiger charge is 2.13. The van der Waals surface area contributed by atoms with Crippen molar-refractivity contribution in [2.75, 3.05) is 7.11 Å². The van der Waals surface area contributed by atoms with Crippen LogP contribution in [0, 0.1) is 5.82 Å². The monoisotopic (exact) mass is 321 g/mol. The van der Waals surface area contributed by atoms with E-state index in [1.165, 1.54) is 19.2 Å². The molecule has 1 atom stereocenters. The Hall–Kier alpha value is -2.90. The number of methoxy groups -OCH3 is 1. The lowest BCUT2D eigenvalue weighted by Crippen LogP contribution is -2.36. The van der Waals surface area contributed by atoms with Crippen molar-refractivity contribution in [3.05, 3.63) is 62.4 Å². The molecule has 1 aromatic carbocycles. The van der Waals surface area contributed by atoms with E-state index in [1.54, 1.807) is 13.0 Å².